The number of hydrogen-bond acceptors (Lipinski definition) is 3. The molecule has 0 radical (unpaired) electrons. The van der Waals surface area contributed by atoms with E-state index in [9.17, 15) is 0 Å². The van der Waals surface area contributed by atoms with E-state index in [4.69, 9.17) is 0 Å². The molecule has 2 nitrogen and oxygen atoms in total. The summed E-state index contributed by atoms with van der Waals surface area (Å²) in [5, 5.41) is 0. The van der Waals surface area contributed by atoms with Crippen molar-refractivity contribution in [1.29, 1.82) is 0 Å². The Morgan fingerprint density at radius 1 is 0.719 bits per heavy atom. The van der Waals surface area contributed by atoms with Crippen molar-refractivity contribution in [2.24, 2.45) is 0 Å². The minimum atomic E-state index is 0.199. The molecule has 32 heavy (non-hydrogen) atoms. The van der Waals surface area contributed by atoms with Gasteiger partial charge in [0.25, 0.3) is 0 Å². The molecule has 2 heterocycles. The number of rotatable bonds is 1. The van der Waals surface area contributed by atoms with Gasteiger partial charge >= 0.3 is 0 Å². The summed E-state index contributed by atoms with van der Waals surface area (Å²) in [5.74, 6) is 0. The zero-order valence-corrected chi connectivity index (χ0v) is 20.9. The third-order valence-corrected chi connectivity index (χ3v) is 9.12. The summed E-state index contributed by atoms with van der Waals surface area (Å²) in [5.41, 5.74) is 11.7. The SMILES string of the molecule is Cc1cccc(C)c1N1CN2c3ccc4c(c3Sc3cccc1c32)C(C)(C)CCC4(C)C. The molecule has 0 saturated heterocycles. The van der Waals surface area contributed by atoms with Crippen molar-refractivity contribution in [1.82, 2.24) is 0 Å². The van der Waals surface area contributed by atoms with Gasteiger partial charge in [-0.15, -0.1) is 0 Å². The molecule has 3 aliphatic rings. The van der Waals surface area contributed by atoms with E-state index in [1.807, 2.05) is 11.8 Å². The zero-order valence-electron chi connectivity index (χ0n) is 20.0. The quantitative estimate of drug-likeness (QED) is 0.375. The van der Waals surface area contributed by atoms with E-state index in [1.165, 1.54) is 56.5 Å². The van der Waals surface area contributed by atoms with Crippen molar-refractivity contribution in [2.75, 3.05) is 16.5 Å². The Kier molecular flexibility index (Phi) is 4.16. The van der Waals surface area contributed by atoms with Crippen LogP contribution in [0, 0.1) is 13.8 Å². The first-order chi connectivity index (χ1) is 15.2. The van der Waals surface area contributed by atoms with Gasteiger partial charge in [0.1, 0.15) is 6.67 Å². The first-order valence-corrected chi connectivity index (χ1v) is 12.6. The maximum Gasteiger partial charge on any atom is 0.100 e. The van der Waals surface area contributed by atoms with Crippen LogP contribution in [0.4, 0.5) is 22.7 Å². The third kappa shape index (κ3) is 2.67. The van der Waals surface area contributed by atoms with Crippen molar-refractivity contribution < 1.29 is 0 Å². The highest BCUT2D eigenvalue weighted by Crippen LogP contribution is 2.60. The Morgan fingerprint density at radius 3 is 2.12 bits per heavy atom. The molecule has 0 atom stereocenters. The van der Waals surface area contributed by atoms with Gasteiger partial charge in [-0.05, 0) is 78.0 Å². The summed E-state index contributed by atoms with van der Waals surface area (Å²) in [7, 11) is 0. The number of hydrogen-bond donors (Lipinski definition) is 0. The number of nitrogens with zero attached hydrogens (tertiary/aromatic N) is 2. The third-order valence-electron chi connectivity index (χ3n) is 7.95. The van der Waals surface area contributed by atoms with Crippen LogP contribution < -0.4 is 9.80 Å². The minimum Gasteiger partial charge on any atom is -0.320 e. The average molecular weight is 441 g/mol. The highest BCUT2D eigenvalue weighted by molar-refractivity contribution is 7.99. The van der Waals surface area contributed by atoms with Crippen LogP contribution in [-0.4, -0.2) is 6.67 Å². The van der Waals surface area contributed by atoms with E-state index in [0.717, 1.165) is 6.67 Å². The number of benzene rings is 3. The summed E-state index contributed by atoms with van der Waals surface area (Å²) in [6, 6.07) is 18.3. The van der Waals surface area contributed by atoms with E-state index in [2.05, 4.69) is 99.9 Å². The largest absolute Gasteiger partial charge is 0.320 e. The van der Waals surface area contributed by atoms with Gasteiger partial charge < -0.3 is 9.80 Å². The molecule has 3 aromatic rings. The van der Waals surface area contributed by atoms with Crippen molar-refractivity contribution in [3.05, 3.63) is 70.8 Å². The predicted octanol–water partition coefficient (Wildman–Crippen LogP) is 8.36. The molecule has 0 unspecified atom stereocenters. The van der Waals surface area contributed by atoms with Gasteiger partial charge in [-0.3, -0.25) is 0 Å². The molecule has 0 bridgehead atoms. The van der Waals surface area contributed by atoms with E-state index in [0.29, 0.717) is 0 Å². The molecule has 0 spiro atoms. The van der Waals surface area contributed by atoms with E-state index < -0.39 is 0 Å². The molecule has 0 N–H and O–H groups in total. The van der Waals surface area contributed by atoms with Gasteiger partial charge in [0.05, 0.1) is 17.1 Å². The molecular weight excluding hydrogens is 408 g/mol. The van der Waals surface area contributed by atoms with Gasteiger partial charge in [0, 0.05) is 15.5 Å². The van der Waals surface area contributed by atoms with Gasteiger partial charge in [-0.1, -0.05) is 69.8 Å². The normalized spacial score (nSPS) is 19.4. The van der Waals surface area contributed by atoms with Crippen molar-refractivity contribution >= 4 is 34.5 Å². The Morgan fingerprint density at radius 2 is 1.38 bits per heavy atom. The molecule has 1 aliphatic carbocycles. The lowest BCUT2D eigenvalue weighted by molar-refractivity contribution is 0.327. The topological polar surface area (TPSA) is 6.48 Å². The van der Waals surface area contributed by atoms with Gasteiger partial charge in [-0.25, -0.2) is 0 Å². The summed E-state index contributed by atoms with van der Waals surface area (Å²) >= 11 is 2.00. The number of para-hydroxylation sites is 2. The second-order valence-electron chi connectivity index (χ2n) is 11.1. The van der Waals surface area contributed by atoms with E-state index in [-0.39, 0.29) is 10.8 Å². The standard InChI is InChI=1S/C29H32N2S/c1-18-9-7-10-19(2)25(18)30-17-31-22-14-13-20-24(29(5,6)16-15-28(20,3)4)27(22)32-23-12-8-11-21(30)26(23)31/h7-14H,15-17H2,1-6H3. The second kappa shape index (κ2) is 6.57. The van der Waals surface area contributed by atoms with Crippen LogP contribution >= 0.6 is 11.8 Å². The predicted molar refractivity (Wildman–Crippen MR) is 137 cm³/mol. The first kappa shape index (κ1) is 20.2. The molecule has 0 amide bonds. The molecular formula is C29H32N2S. The van der Waals surface area contributed by atoms with Crippen LogP contribution in [0.3, 0.4) is 0 Å². The Labute approximate surface area is 196 Å². The lowest BCUT2D eigenvalue weighted by atomic mass is 9.63. The molecule has 6 rings (SSSR count). The highest BCUT2D eigenvalue weighted by Gasteiger charge is 2.43. The lowest BCUT2D eigenvalue weighted by Crippen LogP contribution is -2.35. The fourth-order valence-electron chi connectivity index (χ4n) is 6.11. The molecule has 0 fully saturated rings. The smallest absolute Gasteiger partial charge is 0.100 e. The van der Waals surface area contributed by atoms with Gasteiger partial charge in [0.2, 0.25) is 0 Å². The Bertz CT molecular complexity index is 1250. The van der Waals surface area contributed by atoms with Crippen LogP contribution in [-0.2, 0) is 10.8 Å². The minimum absolute atomic E-state index is 0.199. The molecule has 2 aliphatic heterocycles. The van der Waals surface area contributed by atoms with Crippen LogP contribution in [0.2, 0.25) is 0 Å². The summed E-state index contributed by atoms with van der Waals surface area (Å²) in [6.45, 7) is 15.1. The molecule has 0 saturated carbocycles. The molecule has 0 aromatic heterocycles. The van der Waals surface area contributed by atoms with E-state index >= 15 is 0 Å². The van der Waals surface area contributed by atoms with Crippen LogP contribution in [0.15, 0.2) is 58.3 Å². The highest BCUT2D eigenvalue weighted by atomic mass is 32.2. The summed E-state index contributed by atoms with van der Waals surface area (Å²) in [6.07, 6.45) is 2.49. The Balaban J connectivity index is 1.57. The van der Waals surface area contributed by atoms with Crippen molar-refractivity contribution in [2.45, 2.75) is 75.0 Å². The van der Waals surface area contributed by atoms with Crippen LogP contribution in [0.1, 0.15) is 62.8 Å². The number of aryl methyl sites for hydroxylation is 2. The van der Waals surface area contributed by atoms with Gasteiger partial charge in [-0.2, -0.15) is 0 Å². The first-order valence-electron chi connectivity index (χ1n) is 11.8. The van der Waals surface area contributed by atoms with Crippen molar-refractivity contribution in [3.8, 4) is 0 Å². The van der Waals surface area contributed by atoms with Crippen molar-refractivity contribution in [3.63, 3.8) is 0 Å². The maximum absolute atomic E-state index is 2.57. The fraction of sp³-hybridized carbons (Fsp3) is 0.379. The van der Waals surface area contributed by atoms with Gasteiger partial charge in [0.15, 0.2) is 0 Å². The summed E-state index contributed by atoms with van der Waals surface area (Å²) < 4.78 is 0. The van der Waals surface area contributed by atoms with Crippen LogP contribution in [0.25, 0.3) is 0 Å². The number of anilines is 4. The van der Waals surface area contributed by atoms with E-state index in [1.54, 1.807) is 11.1 Å². The maximum atomic E-state index is 2.57. The molecule has 3 heteroatoms. The summed E-state index contributed by atoms with van der Waals surface area (Å²) in [4.78, 5) is 7.96. The molecule has 164 valence electrons. The monoisotopic (exact) mass is 440 g/mol. The zero-order chi connectivity index (χ0) is 22.4. The van der Waals surface area contributed by atoms with Crippen LogP contribution in [0.5, 0.6) is 0 Å². The average Bonchev–Trinajstić information content (AvgIpc) is 3.12. The fourth-order valence-corrected chi connectivity index (χ4v) is 7.56. The molecule has 3 aromatic carbocycles. The Hall–Kier alpha value is -2.39. The second-order valence-corrected chi connectivity index (χ2v) is 12.1. The lowest BCUT2D eigenvalue weighted by Gasteiger charge is -2.44. The number of fused-ring (bicyclic) bond motifs is 4.